The zero-order valence-electron chi connectivity index (χ0n) is 11.3. The van der Waals surface area contributed by atoms with Crippen molar-refractivity contribution in [3.05, 3.63) is 29.8 Å². The Labute approximate surface area is 118 Å². The van der Waals surface area contributed by atoms with Gasteiger partial charge in [0, 0.05) is 29.8 Å². The molecule has 3 nitrogen and oxygen atoms in total. The molecule has 1 amide bonds. The van der Waals surface area contributed by atoms with Gasteiger partial charge in [0.05, 0.1) is 5.92 Å². The van der Waals surface area contributed by atoms with Crippen LogP contribution in [-0.4, -0.2) is 42.7 Å². The Bertz CT molecular complexity index is 477. The van der Waals surface area contributed by atoms with Gasteiger partial charge in [0.25, 0.3) is 0 Å². The van der Waals surface area contributed by atoms with Crippen molar-refractivity contribution in [1.82, 2.24) is 10.2 Å². The molecule has 0 unspecified atom stereocenters. The molecule has 0 radical (unpaired) electrons. The van der Waals surface area contributed by atoms with E-state index in [-0.39, 0.29) is 5.92 Å². The second-order valence-corrected chi connectivity index (χ2v) is 6.35. The fourth-order valence-electron chi connectivity index (χ4n) is 3.14. The third-order valence-corrected chi connectivity index (χ3v) is 5.28. The summed E-state index contributed by atoms with van der Waals surface area (Å²) in [6.45, 7) is 1.84. The number of amides is 1. The number of benzene rings is 1. The number of carbonyl (C=O) groups excluding carboxylic acids is 1. The van der Waals surface area contributed by atoms with Crippen molar-refractivity contribution in [1.29, 1.82) is 0 Å². The highest BCUT2D eigenvalue weighted by Gasteiger charge is 2.36. The standard InChI is InChI=1S/C15H20N2OS/c1-16-9-11-5-4-8-17(11)15(18)13-10-19-14-7-3-2-6-12(13)14/h2-3,6-7,11,13,16H,4-5,8-10H2,1H3/t11-,13+/m1/s1. The summed E-state index contributed by atoms with van der Waals surface area (Å²) in [6.07, 6.45) is 2.27. The van der Waals surface area contributed by atoms with Crippen LogP contribution in [0.4, 0.5) is 0 Å². The van der Waals surface area contributed by atoms with Gasteiger partial charge in [-0.3, -0.25) is 4.79 Å². The van der Waals surface area contributed by atoms with Crippen LogP contribution in [0, 0.1) is 0 Å². The Balaban J connectivity index is 1.78. The minimum atomic E-state index is 0.0682. The molecule has 2 aliphatic rings. The first-order valence-corrected chi connectivity index (χ1v) is 7.96. The van der Waals surface area contributed by atoms with E-state index < -0.39 is 0 Å². The first-order chi connectivity index (χ1) is 9.31. The monoisotopic (exact) mass is 276 g/mol. The second-order valence-electron chi connectivity index (χ2n) is 5.29. The van der Waals surface area contributed by atoms with Gasteiger partial charge in [0.2, 0.25) is 5.91 Å². The molecule has 2 aliphatic heterocycles. The summed E-state index contributed by atoms with van der Waals surface area (Å²) in [6, 6.07) is 8.72. The lowest BCUT2D eigenvalue weighted by Crippen LogP contribution is -2.43. The average Bonchev–Trinajstić information content (AvgIpc) is 3.04. The van der Waals surface area contributed by atoms with E-state index in [1.807, 2.05) is 24.9 Å². The molecule has 1 aromatic rings. The zero-order valence-corrected chi connectivity index (χ0v) is 12.1. The van der Waals surface area contributed by atoms with Crippen LogP contribution in [0.15, 0.2) is 29.2 Å². The Morgan fingerprint density at radius 1 is 1.47 bits per heavy atom. The summed E-state index contributed by atoms with van der Waals surface area (Å²) in [5.41, 5.74) is 1.23. The Morgan fingerprint density at radius 3 is 3.16 bits per heavy atom. The number of likely N-dealkylation sites (N-methyl/N-ethyl adjacent to an activating group) is 1. The number of fused-ring (bicyclic) bond motifs is 1. The fraction of sp³-hybridized carbons (Fsp3) is 0.533. The van der Waals surface area contributed by atoms with E-state index in [0.29, 0.717) is 11.9 Å². The molecule has 1 aromatic carbocycles. The van der Waals surface area contributed by atoms with Gasteiger partial charge < -0.3 is 10.2 Å². The summed E-state index contributed by atoms with van der Waals surface area (Å²) >= 11 is 1.81. The first kappa shape index (κ1) is 13.0. The van der Waals surface area contributed by atoms with Gasteiger partial charge in [-0.1, -0.05) is 18.2 Å². The maximum absolute atomic E-state index is 12.8. The maximum Gasteiger partial charge on any atom is 0.231 e. The Kier molecular flexibility index (Phi) is 3.80. The summed E-state index contributed by atoms with van der Waals surface area (Å²) in [5.74, 6) is 1.30. The number of likely N-dealkylation sites (tertiary alicyclic amines) is 1. The zero-order chi connectivity index (χ0) is 13.2. The first-order valence-electron chi connectivity index (χ1n) is 6.98. The van der Waals surface area contributed by atoms with Gasteiger partial charge in [0.15, 0.2) is 0 Å². The van der Waals surface area contributed by atoms with E-state index in [1.54, 1.807) is 0 Å². The largest absolute Gasteiger partial charge is 0.338 e. The molecular weight excluding hydrogens is 256 g/mol. The fourth-order valence-corrected chi connectivity index (χ4v) is 4.36. The number of hydrogen-bond donors (Lipinski definition) is 1. The van der Waals surface area contributed by atoms with Gasteiger partial charge >= 0.3 is 0 Å². The lowest BCUT2D eigenvalue weighted by Gasteiger charge is -2.27. The van der Waals surface area contributed by atoms with Crippen LogP contribution in [0.25, 0.3) is 0 Å². The Morgan fingerprint density at radius 2 is 2.32 bits per heavy atom. The topological polar surface area (TPSA) is 32.3 Å². The molecule has 0 bridgehead atoms. The van der Waals surface area contributed by atoms with Crippen molar-refractivity contribution in [2.75, 3.05) is 25.9 Å². The van der Waals surface area contributed by atoms with Crippen molar-refractivity contribution >= 4 is 17.7 Å². The van der Waals surface area contributed by atoms with Crippen molar-refractivity contribution in [3.8, 4) is 0 Å². The van der Waals surface area contributed by atoms with Crippen LogP contribution in [0.5, 0.6) is 0 Å². The van der Waals surface area contributed by atoms with Gasteiger partial charge in [0.1, 0.15) is 0 Å². The van der Waals surface area contributed by atoms with Crippen LogP contribution in [0.2, 0.25) is 0 Å². The van der Waals surface area contributed by atoms with Crippen molar-refractivity contribution in [2.24, 2.45) is 0 Å². The van der Waals surface area contributed by atoms with Crippen LogP contribution < -0.4 is 5.32 Å². The highest BCUT2D eigenvalue weighted by atomic mass is 32.2. The lowest BCUT2D eigenvalue weighted by molar-refractivity contribution is -0.133. The molecule has 4 heteroatoms. The number of hydrogen-bond acceptors (Lipinski definition) is 3. The number of rotatable bonds is 3. The molecule has 1 fully saturated rings. The number of carbonyl (C=O) groups is 1. The molecule has 2 heterocycles. The summed E-state index contributed by atoms with van der Waals surface area (Å²) in [5, 5.41) is 3.21. The van der Waals surface area contributed by atoms with Gasteiger partial charge in [-0.25, -0.2) is 0 Å². The molecule has 0 saturated carbocycles. The predicted molar refractivity (Wildman–Crippen MR) is 78.6 cm³/mol. The normalized spacial score (nSPS) is 25.6. The van der Waals surface area contributed by atoms with Crippen LogP contribution in [0.1, 0.15) is 24.3 Å². The highest BCUT2D eigenvalue weighted by molar-refractivity contribution is 7.99. The van der Waals surface area contributed by atoms with Crippen LogP contribution in [-0.2, 0) is 4.79 Å². The SMILES string of the molecule is CNC[C@H]1CCCN1C(=O)[C@H]1CSc2ccccc21. The third-order valence-electron chi connectivity index (χ3n) is 4.10. The highest BCUT2D eigenvalue weighted by Crippen LogP contribution is 2.41. The molecule has 19 heavy (non-hydrogen) atoms. The minimum absolute atomic E-state index is 0.0682. The van der Waals surface area contributed by atoms with E-state index in [9.17, 15) is 4.79 Å². The van der Waals surface area contributed by atoms with Crippen molar-refractivity contribution in [2.45, 2.75) is 29.7 Å². The number of nitrogens with zero attached hydrogens (tertiary/aromatic N) is 1. The summed E-state index contributed by atoms with van der Waals surface area (Å²) in [4.78, 5) is 16.2. The summed E-state index contributed by atoms with van der Waals surface area (Å²) < 4.78 is 0. The molecule has 2 atom stereocenters. The average molecular weight is 276 g/mol. The molecule has 0 aromatic heterocycles. The molecule has 3 rings (SSSR count). The quantitative estimate of drug-likeness (QED) is 0.917. The molecule has 102 valence electrons. The predicted octanol–water partition coefficient (Wildman–Crippen LogP) is 2.09. The van der Waals surface area contributed by atoms with E-state index >= 15 is 0 Å². The van der Waals surface area contributed by atoms with E-state index in [1.165, 1.54) is 10.5 Å². The second kappa shape index (κ2) is 5.55. The van der Waals surface area contributed by atoms with E-state index in [4.69, 9.17) is 0 Å². The smallest absolute Gasteiger partial charge is 0.231 e. The van der Waals surface area contributed by atoms with E-state index in [0.717, 1.165) is 31.7 Å². The van der Waals surface area contributed by atoms with Crippen molar-refractivity contribution < 1.29 is 4.79 Å². The summed E-state index contributed by atoms with van der Waals surface area (Å²) in [7, 11) is 1.96. The van der Waals surface area contributed by atoms with Gasteiger partial charge in [-0.05, 0) is 31.5 Å². The van der Waals surface area contributed by atoms with Crippen molar-refractivity contribution in [3.63, 3.8) is 0 Å². The number of nitrogens with one attached hydrogen (secondary N) is 1. The molecular formula is C15H20N2OS. The lowest BCUT2D eigenvalue weighted by atomic mass is 9.99. The molecule has 0 aliphatic carbocycles. The van der Waals surface area contributed by atoms with Crippen LogP contribution >= 0.6 is 11.8 Å². The van der Waals surface area contributed by atoms with E-state index in [2.05, 4.69) is 28.4 Å². The molecule has 0 spiro atoms. The van der Waals surface area contributed by atoms with Gasteiger partial charge in [-0.15, -0.1) is 11.8 Å². The Hall–Kier alpha value is -1.00. The maximum atomic E-state index is 12.8. The van der Waals surface area contributed by atoms with Gasteiger partial charge in [-0.2, -0.15) is 0 Å². The number of thioether (sulfide) groups is 1. The van der Waals surface area contributed by atoms with Crippen LogP contribution in [0.3, 0.4) is 0 Å². The molecule has 1 saturated heterocycles. The third kappa shape index (κ3) is 2.39. The minimum Gasteiger partial charge on any atom is -0.338 e. The molecule has 1 N–H and O–H groups in total.